The SMILES string of the molecule is O=C(CSCC(=O)Nc1ccccc1F)Nc1nc(C23CC4CC(CC(C4)C2)C3)cs1. The number of thioether (sulfide) groups is 1. The lowest BCUT2D eigenvalue weighted by molar-refractivity contribution is -0.114. The van der Waals surface area contributed by atoms with Gasteiger partial charge < -0.3 is 10.6 Å². The zero-order chi connectivity index (χ0) is 21.4. The molecule has 4 aliphatic carbocycles. The lowest BCUT2D eigenvalue weighted by atomic mass is 9.49. The Hall–Kier alpha value is -1.93. The van der Waals surface area contributed by atoms with Crippen molar-refractivity contribution in [2.24, 2.45) is 17.8 Å². The molecule has 8 heteroatoms. The van der Waals surface area contributed by atoms with Crippen LogP contribution >= 0.6 is 23.1 Å². The highest BCUT2D eigenvalue weighted by molar-refractivity contribution is 8.00. The predicted octanol–water partition coefficient (Wildman–Crippen LogP) is 5.06. The highest BCUT2D eigenvalue weighted by Gasteiger charge is 2.52. The Morgan fingerprint density at radius 3 is 2.29 bits per heavy atom. The smallest absolute Gasteiger partial charge is 0.236 e. The lowest BCUT2D eigenvalue weighted by Crippen LogP contribution is -2.48. The van der Waals surface area contributed by atoms with Gasteiger partial charge in [-0.2, -0.15) is 0 Å². The largest absolute Gasteiger partial charge is 0.323 e. The van der Waals surface area contributed by atoms with Crippen LogP contribution in [0.5, 0.6) is 0 Å². The maximum atomic E-state index is 13.6. The van der Waals surface area contributed by atoms with Crippen LogP contribution < -0.4 is 10.6 Å². The molecule has 2 amide bonds. The molecular formula is C23H26FN3O2S2. The van der Waals surface area contributed by atoms with E-state index in [2.05, 4.69) is 16.0 Å². The van der Waals surface area contributed by atoms with Gasteiger partial charge in [-0.1, -0.05) is 12.1 Å². The molecule has 0 saturated heterocycles. The molecule has 1 aromatic carbocycles. The number of benzene rings is 1. The van der Waals surface area contributed by atoms with E-state index in [-0.39, 0.29) is 34.4 Å². The fraction of sp³-hybridized carbons (Fsp3) is 0.522. The molecule has 0 atom stereocenters. The number of rotatable bonds is 7. The molecule has 1 aromatic heterocycles. The average molecular weight is 460 g/mol. The summed E-state index contributed by atoms with van der Waals surface area (Å²) in [5.74, 6) is 1.83. The van der Waals surface area contributed by atoms with Crippen LogP contribution in [0.2, 0.25) is 0 Å². The highest BCUT2D eigenvalue weighted by Crippen LogP contribution is 2.60. The third kappa shape index (κ3) is 4.51. The molecule has 6 rings (SSSR count). The number of carbonyl (C=O) groups is 2. The zero-order valence-corrected chi connectivity index (χ0v) is 18.9. The van der Waals surface area contributed by atoms with Gasteiger partial charge in [0.15, 0.2) is 5.13 Å². The van der Waals surface area contributed by atoms with Crippen LogP contribution in [-0.4, -0.2) is 28.3 Å². The van der Waals surface area contributed by atoms with Crippen LogP contribution in [0.25, 0.3) is 0 Å². The number of para-hydroxylation sites is 1. The van der Waals surface area contributed by atoms with E-state index in [1.807, 2.05) is 0 Å². The monoisotopic (exact) mass is 459 g/mol. The second-order valence-corrected chi connectivity index (χ2v) is 11.1. The molecule has 1 heterocycles. The topological polar surface area (TPSA) is 71.1 Å². The number of thiazole rings is 1. The Labute approximate surface area is 189 Å². The molecule has 2 aromatic rings. The minimum atomic E-state index is -0.475. The molecular weight excluding hydrogens is 433 g/mol. The molecule has 4 saturated carbocycles. The molecule has 4 fully saturated rings. The van der Waals surface area contributed by atoms with Gasteiger partial charge in [-0.15, -0.1) is 23.1 Å². The molecule has 4 aliphatic rings. The van der Waals surface area contributed by atoms with Crippen LogP contribution in [0.4, 0.5) is 15.2 Å². The molecule has 31 heavy (non-hydrogen) atoms. The van der Waals surface area contributed by atoms with Gasteiger partial charge in [-0.3, -0.25) is 9.59 Å². The Morgan fingerprint density at radius 1 is 1.03 bits per heavy atom. The van der Waals surface area contributed by atoms with E-state index < -0.39 is 5.82 Å². The Bertz CT molecular complexity index is 957. The Balaban J connectivity index is 1.11. The summed E-state index contributed by atoms with van der Waals surface area (Å²) in [6, 6.07) is 6.03. The number of nitrogens with zero attached hydrogens (tertiary/aromatic N) is 1. The predicted molar refractivity (Wildman–Crippen MR) is 123 cm³/mol. The van der Waals surface area contributed by atoms with Crippen LogP contribution in [0.15, 0.2) is 29.6 Å². The van der Waals surface area contributed by atoms with Gasteiger partial charge in [0.25, 0.3) is 0 Å². The number of aromatic nitrogens is 1. The van der Waals surface area contributed by atoms with Crippen molar-refractivity contribution < 1.29 is 14.0 Å². The summed E-state index contributed by atoms with van der Waals surface area (Å²) in [6.07, 6.45) is 7.95. The van der Waals surface area contributed by atoms with Gasteiger partial charge in [0.05, 0.1) is 22.9 Å². The summed E-state index contributed by atoms with van der Waals surface area (Å²) < 4.78 is 13.6. The summed E-state index contributed by atoms with van der Waals surface area (Å²) in [6.45, 7) is 0. The summed E-state index contributed by atoms with van der Waals surface area (Å²) in [5.41, 5.74) is 1.55. The first-order chi connectivity index (χ1) is 15.0. The molecule has 0 radical (unpaired) electrons. The normalized spacial score (nSPS) is 28.5. The first-order valence-electron chi connectivity index (χ1n) is 10.9. The molecule has 5 nitrogen and oxygen atoms in total. The Kier molecular flexibility index (Phi) is 5.77. The van der Waals surface area contributed by atoms with Crippen molar-refractivity contribution in [2.45, 2.75) is 43.9 Å². The van der Waals surface area contributed by atoms with Crippen molar-refractivity contribution in [3.05, 3.63) is 41.2 Å². The van der Waals surface area contributed by atoms with Gasteiger partial charge in [0.2, 0.25) is 11.8 Å². The summed E-state index contributed by atoms with van der Waals surface area (Å²) in [7, 11) is 0. The summed E-state index contributed by atoms with van der Waals surface area (Å²) in [4.78, 5) is 29.1. The number of hydrogen-bond acceptors (Lipinski definition) is 5. The minimum absolute atomic E-state index is 0.0815. The van der Waals surface area contributed by atoms with E-state index in [4.69, 9.17) is 4.98 Å². The third-order valence-corrected chi connectivity index (χ3v) is 8.64. The summed E-state index contributed by atoms with van der Waals surface area (Å²) >= 11 is 2.69. The van der Waals surface area contributed by atoms with Gasteiger partial charge in [-0.05, 0) is 68.4 Å². The fourth-order valence-corrected chi connectivity index (χ4v) is 7.61. The highest BCUT2D eigenvalue weighted by atomic mass is 32.2. The molecule has 0 spiro atoms. The van der Waals surface area contributed by atoms with Crippen molar-refractivity contribution >= 4 is 45.7 Å². The molecule has 2 N–H and O–H groups in total. The molecule has 0 aliphatic heterocycles. The maximum Gasteiger partial charge on any atom is 0.236 e. The van der Waals surface area contributed by atoms with E-state index in [9.17, 15) is 14.0 Å². The van der Waals surface area contributed by atoms with Crippen molar-refractivity contribution in [1.82, 2.24) is 4.98 Å². The second kappa shape index (κ2) is 8.54. The number of halogens is 1. The van der Waals surface area contributed by atoms with E-state index >= 15 is 0 Å². The van der Waals surface area contributed by atoms with Crippen molar-refractivity contribution in [3.8, 4) is 0 Å². The van der Waals surface area contributed by atoms with Crippen molar-refractivity contribution in [2.75, 3.05) is 22.1 Å². The van der Waals surface area contributed by atoms with Gasteiger partial charge in [0, 0.05) is 10.8 Å². The quantitative estimate of drug-likeness (QED) is 0.607. The number of hydrogen-bond donors (Lipinski definition) is 2. The minimum Gasteiger partial charge on any atom is -0.323 e. The van der Waals surface area contributed by atoms with E-state index in [1.165, 1.54) is 79.5 Å². The van der Waals surface area contributed by atoms with E-state index in [1.54, 1.807) is 12.1 Å². The number of carbonyl (C=O) groups excluding carboxylic acids is 2. The first-order valence-corrected chi connectivity index (χ1v) is 12.9. The molecule has 4 bridgehead atoms. The molecule has 0 unspecified atom stereocenters. The van der Waals surface area contributed by atoms with Crippen LogP contribution in [-0.2, 0) is 15.0 Å². The van der Waals surface area contributed by atoms with Gasteiger partial charge >= 0.3 is 0 Å². The average Bonchev–Trinajstić information content (AvgIpc) is 3.18. The van der Waals surface area contributed by atoms with Gasteiger partial charge in [0.1, 0.15) is 5.82 Å². The number of nitrogens with one attached hydrogen (secondary N) is 2. The molecule has 164 valence electrons. The van der Waals surface area contributed by atoms with Crippen LogP contribution in [0, 0.1) is 23.6 Å². The number of amides is 2. The van der Waals surface area contributed by atoms with Gasteiger partial charge in [-0.25, -0.2) is 9.37 Å². The van der Waals surface area contributed by atoms with E-state index in [0.717, 1.165) is 17.8 Å². The van der Waals surface area contributed by atoms with Crippen molar-refractivity contribution in [3.63, 3.8) is 0 Å². The zero-order valence-electron chi connectivity index (χ0n) is 17.2. The third-order valence-electron chi connectivity index (χ3n) is 6.95. The lowest BCUT2D eigenvalue weighted by Gasteiger charge is -2.56. The van der Waals surface area contributed by atoms with E-state index in [0.29, 0.717) is 5.13 Å². The standard InChI is InChI=1S/C23H26FN3O2S2/c24-17-3-1-2-4-18(17)25-20(28)12-30-13-21(29)27-22-26-19(11-31-22)23-8-14-5-15(9-23)7-16(6-14)10-23/h1-4,11,14-16H,5-10,12-13H2,(H,25,28)(H,26,27,29). The summed E-state index contributed by atoms with van der Waals surface area (Å²) in [5, 5.41) is 8.19. The maximum absolute atomic E-state index is 13.6. The number of anilines is 2. The fourth-order valence-electron chi connectivity index (χ4n) is 6.14. The second-order valence-electron chi connectivity index (χ2n) is 9.30. The Morgan fingerprint density at radius 2 is 1.65 bits per heavy atom. The van der Waals surface area contributed by atoms with Crippen LogP contribution in [0.1, 0.15) is 44.2 Å². The van der Waals surface area contributed by atoms with Crippen molar-refractivity contribution in [1.29, 1.82) is 0 Å². The van der Waals surface area contributed by atoms with Crippen LogP contribution in [0.3, 0.4) is 0 Å². The first kappa shape index (κ1) is 20.9.